The first-order valence-electron chi connectivity index (χ1n) is 3.97. The Hall–Kier alpha value is -0.630. The molecule has 0 aromatic heterocycles. The summed E-state index contributed by atoms with van der Waals surface area (Å²) in [6, 6.07) is 3.23. The number of hydrogen-bond donors (Lipinski definition) is 2. The van der Waals surface area contributed by atoms with Crippen LogP contribution in [-0.2, 0) is 4.57 Å². The summed E-state index contributed by atoms with van der Waals surface area (Å²) in [4.78, 5) is 18.0. The molecule has 0 aliphatic rings. The van der Waals surface area contributed by atoms with Crippen molar-refractivity contribution in [2.24, 2.45) is 0 Å². The molecule has 0 radical (unpaired) electrons. The minimum atomic E-state index is -4.10. The predicted octanol–water partition coefficient (Wildman–Crippen LogP) is 1.41. The smallest absolute Gasteiger partial charge is 0.321 e. The topological polar surface area (TPSA) is 57.5 Å². The molecule has 0 saturated carbocycles. The first kappa shape index (κ1) is 10.5. The zero-order valence-electron chi connectivity index (χ0n) is 7.90. The first-order chi connectivity index (χ1) is 5.84. The van der Waals surface area contributed by atoms with Gasteiger partial charge in [-0.3, -0.25) is 4.57 Å². The molecular weight excluding hydrogens is 187 g/mol. The van der Waals surface area contributed by atoms with E-state index in [1.807, 2.05) is 13.8 Å². The van der Waals surface area contributed by atoms with Gasteiger partial charge in [0.25, 0.3) is 0 Å². The molecule has 0 heterocycles. The van der Waals surface area contributed by atoms with Crippen molar-refractivity contribution >= 4 is 12.9 Å². The van der Waals surface area contributed by atoms with E-state index in [-0.39, 0.29) is 5.30 Å². The molecule has 0 aliphatic carbocycles. The second kappa shape index (κ2) is 3.26. The molecule has 2 N–H and O–H groups in total. The molecule has 3 nitrogen and oxygen atoms in total. The second-order valence-electron chi connectivity index (χ2n) is 3.20. The van der Waals surface area contributed by atoms with Crippen LogP contribution in [0.2, 0.25) is 0 Å². The fourth-order valence-corrected chi connectivity index (χ4v) is 2.13. The Morgan fingerprint density at radius 3 is 2.08 bits per heavy atom. The molecule has 0 spiro atoms. The molecule has 0 bridgehead atoms. The van der Waals surface area contributed by atoms with Gasteiger partial charge < -0.3 is 9.79 Å². The highest BCUT2D eigenvalue weighted by atomic mass is 31.2. The van der Waals surface area contributed by atoms with Crippen LogP contribution in [0.1, 0.15) is 16.7 Å². The molecule has 0 aliphatic heterocycles. The van der Waals surface area contributed by atoms with Gasteiger partial charge in [-0.05, 0) is 43.5 Å². The van der Waals surface area contributed by atoms with Crippen LogP contribution in [0.4, 0.5) is 0 Å². The molecule has 0 atom stereocenters. The van der Waals surface area contributed by atoms with Gasteiger partial charge in [0, 0.05) is 0 Å². The second-order valence-corrected chi connectivity index (χ2v) is 4.77. The van der Waals surface area contributed by atoms with Crippen LogP contribution < -0.4 is 5.30 Å². The summed E-state index contributed by atoms with van der Waals surface area (Å²) in [6.07, 6.45) is 0. The molecule has 1 aromatic carbocycles. The molecule has 1 rings (SSSR count). The summed E-state index contributed by atoms with van der Waals surface area (Å²) in [5.41, 5.74) is 2.68. The summed E-state index contributed by atoms with van der Waals surface area (Å²) in [7, 11) is -4.10. The van der Waals surface area contributed by atoms with Gasteiger partial charge in [-0.1, -0.05) is 6.07 Å². The summed E-state index contributed by atoms with van der Waals surface area (Å²) < 4.78 is 11.0. The highest BCUT2D eigenvalue weighted by Gasteiger charge is 2.20. The Bertz CT molecular complexity index is 379. The fraction of sp³-hybridized carbons (Fsp3) is 0.333. The SMILES string of the molecule is Cc1ccc(P(=O)(O)O)c(C)c1C. The number of rotatable bonds is 1. The Balaban J connectivity index is 3.44. The van der Waals surface area contributed by atoms with Gasteiger partial charge in [-0.2, -0.15) is 0 Å². The molecule has 4 heteroatoms. The lowest BCUT2D eigenvalue weighted by molar-refractivity contribution is 0.387. The van der Waals surface area contributed by atoms with Crippen molar-refractivity contribution in [2.75, 3.05) is 0 Å². The van der Waals surface area contributed by atoms with Crippen LogP contribution in [0.5, 0.6) is 0 Å². The maximum absolute atomic E-state index is 11.0. The molecule has 0 amide bonds. The number of hydrogen-bond acceptors (Lipinski definition) is 1. The molecule has 0 unspecified atom stereocenters. The van der Waals surface area contributed by atoms with Crippen LogP contribution in [-0.4, -0.2) is 9.79 Å². The zero-order chi connectivity index (χ0) is 10.2. The summed E-state index contributed by atoms with van der Waals surface area (Å²) in [6.45, 7) is 5.52. The van der Waals surface area contributed by atoms with Gasteiger partial charge in [-0.15, -0.1) is 0 Å². The predicted molar refractivity (Wildman–Crippen MR) is 52.3 cm³/mol. The van der Waals surface area contributed by atoms with Gasteiger partial charge >= 0.3 is 7.60 Å². The lowest BCUT2D eigenvalue weighted by Gasteiger charge is -2.11. The Morgan fingerprint density at radius 1 is 1.08 bits per heavy atom. The zero-order valence-corrected chi connectivity index (χ0v) is 8.80. The first-order valence-corrected chi connectivity index (χ1v) is 5.58. The Morgan fingerprint density at radius 2 is 1.62 bits per heavy atom. The molecule has 1 aromatic rings. The summed E-state index contributed by atoms with van der Waals surface area (Å²) in [5, 5.41) is 0.135. The molecular formula is C9H13O3P. The van der Waals surface area contributed by atoms with Gasteiger partial charge in [-0.25, -0.2) is 0 Å². The van der Waals surface area contributed by atoms with Crippen LogP contribution in [0, 0.1) is 20.8 Å². The standard InChI is InChI=1S/C9H13O3P/c1-6-4-5-9(13(10,11)12)8(3)7(6)2/h4-5H,1-3H3,(H2,10,11,12). The minimum absolute atomic E-state index is 0.135. The van der Waals surface area contributed by atoms with Crippen molar-refractivity contribution in [2.45, 2.75) is 20.8 Å². The molecule has 0 saturated heterocycles. The van der Waals surface area contributed by atoms with E-state index in [9.17, 15) is 4.57 Å². The lowest BCUT2D eigenvalue weighted by Crippen LogP contribution is -2.10. The van der Waals surface area contributed by atoms with E-state index in [0.29, 0.717) is 5.56 Å². The largest absolute Gasteiger partial charge is 0.356 e. The van der Waals surface area contributed by atoms with E-state index in [2.05, 4.69) is 0 Å². The van der Waals surface area contributed by atoms with Crippen LogP contribution >= 0.6 is 7.60 Å². The van der Waals surface area contributed by atoms with E-state index in [4.69, 9.17) is 9.79 Å². The van der Waals surface area contributed by atoms with Crippen LogP contribution in [0.25, 0.3) is 0 Å². The van der Waals surface area contributed by atoms with Crippen molar-refractivity contribution in [1.29, 1.82) is 0 Å². The molecule has 72 valence electrons. The van der Waals surface area contributed by atoms with Crippen LogP contribution in [0.3, 0.4) is 0 Å². The van der Waals surface area contributed by atoms with Gasteiger partial charge in [0.05, 0.1) is 5.30 Å². The van der Waals surface area contributed by atoms with E-state index in [1.165, 1.54) is 6.07 Å². The average Bonchev–Trinajstić information content (AvgIpc) is 1.98. The molecule has 0 fully saturated rings. The third-order valence-corrected chi connectivity index (χ3v) is 3.46. The van der Waals surface area contributed by atoms with Crippen molar-refractivity contribution in [3.8, 4) is 0 Å². The quantitative estimate of drug-likeness (QED) is 0.674. The van der Waals surface area contributed by atoms with E-state index in [0.717, 1.165) is 11.1 Å². The minimum Gasteiger partial charge on any atom is -0.321 e. The van der Waals surface area contributed by atoms with Crippen molar-refractivity contribution in [1.82, 2.24) is 0 Å². The Labute approximate surface area is 77.6 Å². The lowest BCUT2D eigenvalue weighted by atomic mass is 10.1. The highest BCUT2D eigenvalue weighted by molar-refractivity contribution is 7.60. The van der Waals surface area contributed by atoms with Crippen molar-refractivity contribution in [3.05, 3.63) is 28.8 Å². The number of aryl methyl sites for hydroxylation is 1. The van der Waals surface area contributed by atoms with E-state index < -0.39 is 7.60 Å². The van der Waals surface area contributed by atoms with E-state index in [1.54, 1.807) is 13.0 Å². The average molecular weight is 200 g/mol. The maximum atomic E-state index is 11.0. The van der Waals surface area contributed by atoms with Crippen molar-refractivity contribution in [3.63, 3.8) is 0 Å². The number of benzene rings is 1. The van der Waals surface area contributed by atoms with Gasteiger partial charge in [0.1, 0.15) is 0 Å². The maximum Gasteiger partial charge on any atom is 0.356 e. The van der Waals surface area contributed by atoms with Gasteiger partial charge in [0.15, 0.2) is 0 Å². The highest BCUT2D eigenvalue weighted by Crippen LogP contribution is 2.35. The van der Waals surface area contributed by atoms with Crippen molar-refractivity contribution < 1.29 is 14.4 Å². The molecule has 13 heavy (non-hydrogen) atoms. The van der Waals surface area contributed by atoms with Crippen LogP contribution in [0.15, 0.2) is 12.1 Å². The van der Waals surface area contributed by atoms with E-state index >= 15 is 0 Å². The Kier molecular flexibility index (Phi) is 2.62. The third-order valence-electron chi connectivity index (χ3n) is 2.34. The fourth-order valence-electron chi connectivity index (χ4n) is 1.26. The summed E-state index contributed by atoms with van der Waals surface area (Å²) >= 11 is 0. The monoisotopic (exact) mass is 200 g/mol. The summed E-state index contributed by atoms with van der Waals surface area (Å²) in [5.74, 6) is 0. The third kappa shape index (κ3) is 1.99. The normalized spacial score (nSPS) is 11.8. The van der Waals surface area contributed by atoms with Gasteiger partial charge in [0.2, 0.25) is 0 Å².